The number of carbonyl (C=O) groups excluding carboxylic acids is 1. The van der Waals surface area contributed by atoms with Gasteiger partial charge in [0.15, 0.2) is 0 Å². The predicted molar refractivity (Wildman–Crippen MR) is 150 cm³/mol. The molecule has 1 saturated heterocycles. The first kappa shape index (κ1) is 25.0. The summed E-state index contributed by atoms with van der Waals surface area (Å²) < 4.78 is 1.82. The zero-order chi connectivity index (χ0) is 26.0. The molecular formula is C31H37N5O. The fraction of sp³-hybridized carbons (Fsp3) is 0.387. The van der Waals surface area contributed by atoms with Crippen molar-refractivity contribution in [1.82, 2.24) is 19.6 Å². The van der Waals surface area contributed by atoms with E-state index in [4.69, 9.17) is 4.99 Å². The second kappa shape index (κ2) is 10.4. The Morgan fingerprint density at radius 1 is 1.03 bits per heavy atom. The van der Waals surface area contributed by atoms with E-state index in [0.717, 1.165) is 65.5 Å². The smallest absolute Gasteiger partial charge is 0.147 e. The van der Waals surface area contributed by atoms with Crippen LogP contribution in [0.1, 0.15) is 32.3 Å². The van der Waals surface area contributed by atoms with Gasteiger partial charge < -0.3 is 14.6 Å². The highest BCUT2D eigenvalue weighted by Crippen LogP contribution is 2.31. The molecule has 0 N–H and O–H groups in total. The summed E-state index contributed by atoms with van der Waals surface area (Å²) in [5, 5.41) is 4.27. The molecular weight excluding hydrogens is 458 g/mol. The van der Waals surface area contributed by atoms with Crippen molar-refractivity contribution in [3.05, 3.63) is 78.8 Å². The number of aldehydes is 1. The number of amidine groups is 1. The topological polar surface area (TPSA) is 53.7 Å². The Balaban J connectivity index is 1.29. The van der Waals surface area contributed by atoms with Gasteiger partial charge in [-0.15, -0.1) is 0 Å². The van der Waals surface area contributed by atoms with Gasteiger partial charge in [-0.25, -0.2) is 0 Å². The molecule has 0 bridgehead atoms. The van der Waals surface area contributed by atoms with Crippen LogP contribution in [0, 0.1) is 11.8 Å². The van der Waals surface area contributed by atoms with Crippen molar-refractivity contribution >= 4 is 12.1 Å². The van der Waals surface area contributed by atoms with Crippen LogP contribution in [0.15, 0.2) is 78.2 Å². The molecule has 1 aliphatic carbocycles. The first-order valence-corrected chi connectivity index (χ1v) is 13.2. The van der Waals surface area contributed by atoms with Crippen molar-refractivity contribution in [3.63, 3.8) is 0 Å². The molecule has 1 saturated carbocycles. The van der Waals surface area contributed by atoms with Gasteiger partial charge in [-0.2, -0.15) is 5.10 Å². The molecule has 0 unspecified atom stereocenters. The Bertz CT molecular complexity index is 1280. The van der Waals surface area contributed by atoms with E-state index < -0.39 is 5.54 Å². The van der Waals surface area contributed by atoms with Crippen LogP contribution in [0.4, 0.5) is 0 Å². The minimum atomic E-state index is -0.775. The SMILES string of the molecule is CN(CC1CN(C=CC2CC2)C1)C(=NC(C)(C)C=O)c1ccc(-c2ccc(-c3cnn(C)c3)cc2)cc1. The molecule has 0 atom stereocenters. The summed E-state index contributed by atoms with van der Waals surface area (Å²) in [5.74, 6) is 2.27. The predicted octanol–water partition coefficient (Wildman–Crippen LogP) is 5.27. The number of aryl methyl sites for hydroxylation is 1. The monoisotopic (exact) mass is 495 g/mol. The van der Waals surface area contributed by atoms with Crippen LogP contribution in [-0.4, -0.2) is 63.9 Å². The summed E-state index contributed by atoms with van der Waals surface area (Å²) in [5.41, 5.74) is 4.82. The minimum Gasteiger partial charge on any atom is -0.377 e. The standard InChI is InChI=1S/C31H37N5O/c1-31(2,22-37)33-30(34(3)18-24-19-36(20-24)16-15-23-5-6-23)28-13-11-26(12-14-28)25-7-9-27(10-8-25)29-17-32-35(4)21-29/h7-17,21-24H,5-6,18-20H2,1-4H3. The second-order valence-corrected chi connectivity index (χ2v) is 11.1. The Labute approximate surface area is 220 Å². The van der Waals surface area contributed by atoms with Crippen LogP contribution >= 0.6 is 0 Å². The number of hydrogen-bond donors (Lipinski definition) is 0. The van der Waals surface area contributed by atoms with Gasteiger partial charge >= 0.3 is 0 Å². The molecule has 3 aromatic rings. The van der Waals surface area contributed by atoms with Crippen molar-refractivity contribution < 1.29 is 4.79 Å². The number of hydrogen-bond acceptors (Lipinski definition) is 4. The van der Waals surface area contributed by atoms with Gasteiger partial charge in [-0.05, 0) is 55.5 Å². The number of aliphatic imine (C=N–C) groups is 1. The lowest BCUT2D eigenvalue weighted by Gasteiger charge is -2.41. The van der Waals surface area contributed by atoms with Gasteiger partial charge in [-0.3, -0.25) is 9.67 Å². The van der Waals surface area contributed by atoms with Crippen molar-refractivity contribution in [2.24, 2.45) is 23.9 Å². The first-order chi connectivity index (χ1) is 17.8. The van der Waals surface area contributed by atoms with E-state index in [1.807, 2.05) is 38.0 Å². The first-order valence-electron chi connectivity index (χ1n) is 13.2. The summed E-state index contributed by atoms with van der Waals surface area (Å²) >= 11 is 0. The van der Waals surface area contributed by atoms with Gasteiger partial charge in [0.25, 0.3) is 0 Å². The summed E-state index contributed by atoms with van der Waals surface area (Å²) in [4.78, 5) is 21.2. The summed E-state index contributed by atoms with van der Waals surface area (Å²) in [6.45, 7) is 6.79. The highest BCUT2D eigenvalue weighted by atomic mass is 16.1. The summed E-state index contributed by atoms with van der Waals surface area (Å²) in [6.07, 6.45) is 12.2. The zero-order valence-corrected chi connectivity index (χ0v) is 22.3. The average molecular weight is 496 g/mol. The zero-order valence-electron chi connectivity index (χ0n) is 22.3. The molecule has 0 radical (unpaired) electrons. The molecule has 37 heavy (non-hydrogen) atoms. The Hall–Kier alpha value is -3.67. The van der Waals surface area contributed by atoms with Crippen LogP contribution in [-0.2, 0) is 11.8 Å². The fourth-order valence-electron chi connectivity index (χ4n) is 4.76. The second-order valence-electron chi connectivity index (χ2n) is 11.1. The quantitative estimate of drug-likeness (QED) is 0.231. The summed E-state index contributed by atoms with van der Waals surface area (Å²) in [7, 11) is 4.02. The van der Waals surface area contributed by atoms with E-state index in [0.29, 0.717) is 5.92 Å². The molecule has 2 aliphatic rings. The van der Waals surface area contributed by atoms with Crippen molar-refractivity contribution in [2.45, 2.75) is 32.2 Å². The number of carbonyl (C=O) groups is 1. The molecule has 6 nitrogen and oxygen atoms in total. The highest BCUT2D eigenvalue weighted by molar-refractivity contribution is 6.00. The third-order valence-electron chi connectivity index (χ3n) is 7.15. The minimum absolute atomic E-state index is 0.594. The van der Waals surface area contributed by atoms with Crippen LogP contribution in [0.2, 0.25) is 0 Å². The number of nitrogens with zero attached hydrogens (tertiary/aromatic N) is 5. The van der Waals surface area contributed by atoms with Gasteiger partial charge in [-0.1, -0.05) is 54.6 Å². The van der Waals surface area contributed by atoms with Crippen LogP contribution in [0.5, 0.6) is 0 Å². The van der Waals surface area contributed by atoms with Crippen LogP contribution in [0.25, 0.3) is 22.3 Å². The number of allylic oxidation sites excluding steroid dienone is 1. The molecule has 2 aromatic carbocycles. The molecule has 192 valence electrons. The molecule has 0 spiro atoms. The van der Waals surface area contributed by atoms with Crippen LogP contribution < -0.4 is 0 Å². The lowest BCUT2D eigenvalue weighted by molar-refractivity contribution is -0.111. The Morgan fingerprint density at radius 2 is 1.62 bits per heavy atom. The third kappa shape index (κ3) is 6.19. The van der Waals surface area contributed by atoms with Gasteiger partial charge in [0.1, 0.15) is 17.7 Å². The Morgan fingerprint density at radius 3 is 2.16 bits per heavy atom. The maximum atomic E-state index is 11.7. The van der Waals surface area contributed by atoms with Crippen molar-refractivity contribution in [2.75, 3.05) is 26.7 Å². The molecule has 6 heteroatoms. The van der Waals surface area contributed by atoms with E-state index in [9.17, 15) is 4.79 Å². The third-order valence-corrected chi connectivity index (χ3v) is 7.15. The van der Waals surface area contributed by atoms with E-state index in [1.54, 1.807) is 0 Å². The number of rotatable bonds is 9. The van der Waals surface area contributed by atoms with Crippen LogP contribution in [0.3, 0.4) is 0 Å². The molecule has 2 fully saturated rings. The van der Waals surface area contributed by atoms with E-state index >= 15 is 0 Å². The molecule has 5 rings (SSSR count). The number of aromatic nitrogens is 2. The number of benzene rings is 2. The number of likely N-dealkylation sites (tertiary alicyclic amines) is 1. The van der Waals surface area contributed by atoms with Gasteiger partial charge in [0, 0.05) is 57.0 Å². The lowest BCUT2D eigenvalue weighted by atomic mass is 9.98. The molecule has 0 amide bonds. The molecule has 1 aromatic heterocycles. The van der Waals surface area contributed by atoms with Gasteiger partial charge in [0.2, 0.25) is 0 Å². The average Bonchev–Trinajstić information content (AvgIpc) is 3.61. The van der Waals surface area contributed by atoms with Gasteiger partial charge in [0.05, 0.1) is 6.20 Å². The Kier molecular flexibility index (Phi) is 7.00. The maximum absolute atomic E-state index is 11.7. The maximum Gasteiger partial charge on any atom is 0.147 e. The van der Waals surface area contributed by atoms with E-state index in [-0.39, 0.29) is 0 Å². The van der Waals surface area contributed by atoms with E-state index in [2.05, 4.69) is 82.8 Å². The lowest BCUT2D eigenvalue weighted by Crippen LogP contribution is -2.49. The van der Waals surface area contributed by atoms with E-state index in [1.165, 1.54) is 12.8 Å². The normalized spacial score (nSPS) is 16.8. The molecule has 2 heterocycles. The fourth-order valence-corrected chi connectivity index (χ4v) is 4.76. The van der Waals surface area contributed by atoms with Crippen molar-refractivity contribution in [3.8, 4) is 22.3 Å². The highest BCUT2D eigenvalue weighted by Gasteiger charge is 2.28. The largest absolute Gasteiger partial charge is 0.377 e. The summed E-state index contributed by atoms with van der Waals surface area (Å²) in [6, 6.07) is 17.1. The van der Waals surface area contributed by atoms with Crippen molar-refractivity contribution in [1.29, 1.82) is 0 Å². The molecule has 1 aliphatic heterocycles.